The predicted octanol–water partition coefficient (Wildman–Crippen LogP) is 1.39. The molecule has 2 aromatic heterocycles. The molecule has 0 radical (unpaired) electrons. The van der Waals surface area contributed by atoms with Crippen molar-refractivity contribution in [2.45, 2.75) is 25.9 Å². The molecular weight excluding hydrogens is 334 g/mol. The Morgan fingerprint density at radius 1 is 1.27 bits per heavy atom. The van der Waals surface area contributed by atoms with Crippen LogP contribution < -0.4 is 5.32 Å². The number of carbonyl (C=O) groups excluding carboxylic acids is 1. The SMILES string of the molecule is COCCCn1cnnc1C(C)NC(=O)c1cn(-c2ccccc2)nn1. The van der Waals surface area contributed by atoms with Crippen molar-refractivity contribution in [2.75, 3.05) is 13.7 Å². The topological polar surface area (TPSA) is 99.8 Å². The van der Waals surface area contributed by atoms with Crippen LogP contribution in [-0.2, 0) is 11.3 Å². The van der Waals surface area contributed by atoms with E-state index >= 15 is 0 Å². The number of nitrogens with one attached hydrogen (secondary N) is 1. The lowest BCUT2D eigenvalue weighted by Crippen LogP contribution is -2.29. The van der Waals surface area contributed by atoms with Gasteiger partial charge in [-0.15, -0.1) is 15.3 Å². The highest BCUT2D eigenvalue weighted by atomic mass is 16.5. The number of hydrogen-bond donors (Lipinski definition) is 1. The van der Waals surface area contributed by atoms with Gasteiger partial charge in [-0.1, -0.05) is 23.4 Å². The number of aryl methyl sites for hydroxylation is 1. The van der Waals surface area contributed by atoms with Gasteiger partial charge in [0.2, 0.25) is 0 Å². The number of ether oxygens (including phenoxy) is 1. The summed E-state index contributed by atoms with van der Waals surface area (Å²) in [6, 6.07) is 9.18. The summed E-state index contributed by atoms with van der Waals surface area (Å²) in [4.78, 5) is 12.5. The van der Waals surface area contributed by atoms with E-state index in [1.165, 1.54) is 0 Å². The molecule has 1 amide bonds. The first kappa shape index (κ1) is 17.7. The molecule has 1 atom stereocenters. The van der Waals surface area contributed by atoms with Crippen LogP contribution in [0.25, 0.3) is 5.69 Å². The lowest BCUT2D eigenvalue weighted by molar-refractivity contribution is 0.0932. The molecule has 0 saturated heterocycles. The van der Waals surface area contributed by atoms with Crippen molar-refractivity contribution in [2.24, 2.45) is 0 Å². The van der Waals surface area contributed by atoms with Crippen LogP contribution in [0, 0.1) is 0 Å². The predicted molar refractivity (Wildman–Crippen MR) is 93.8 cm³/mol. The van der Waals surface area contributed by atoms with Gasteiger partial charge in [-0.25, -0.2) is 4.68 Å². The molecule has 3 rings (SSSR count). The number of nitrogens with zero attached hydrogens (tertiary/aromatic N) is 6. The molecule has 3 aromatic rings. The van der Waals surface area contributed by atoms with Crippen LogP contribution in [0.5, 0.6) is 0 Å². The van der Waals surface area contributed by atoms with E-state index in [4.69, 9.17) is 4.74 Å². The molecule has 9 nitrogen and oxygen atoms in total. The third-order valence-corrected chi connectivity index (χ3v) is 3.87. The molecule has 0 saturated carbocycles. The van der Waals surface area contributed by atoms with Crippen LogP contribution in [0.1, 0.15) is 35.7 Å². The van der Waals surface area contributed by atoms with Gasteiger partial charge in [0.1, 0.15) is 6.33 Å². The maximum atomic E-state index is 12.5. The highest BCUT2D eigenvalue weighted by Crippen LogP contribution is 2.11. The standard InChI is InChI=1S/C17H21N7O2/c1-13(16-21-18-12-23(16)9-6-10-26-2)19-17(25)15-11-24(22-20-15)14-7-4-3-5-8-14/h3-5,7-8,11-13H,6,9-10H2,1-2H3,(H,19,25). The fraction of sp³-hybridized carbons (Fsp3) is 0.353. The Morgan fingerprint density at radius 3 is 2.85 bits per heavy atom. The smallest absolute Gasteiger partial charge is 0.274 e. The van der Waals surface area contributed by atoms with Crippen molar-refractivity contribution >= 4 is 5.91 Å². The van der Waals surface area contributed by atoms with Gasteiger partial charge in [-0.05, 0) is 25.5 Å². The second-order valence-corrected chi connectivity index (χ2v) is 5.81. The Labute approximate surface area is 151 Å². The molecule has 26 heavy (non-hydrogen) atoms. The summed E-state index contributed by atoms with van der Waals surface area (Å²) < 4.78 is 8.53. The minimum Gasteiger partial charge on any atom is -0.385 e. The number of amides is 1. The summed E-state index contributed by atoms with van der Waals surface area (Å²) in [5.41, 5.74) is 1.08. The van der Waals surface area contributed by atoms with Crippen LogP contribution in [-0.4, -0.2) is 49.4 Å². The van der Waals surface area contributed by atoms with Crippen LogP contribution in [0.4, 0.5) is 0 Å². The summed E-state index contributed by atoms with van der Waals surface area (Å²) in [6.07, 6.45) is 4.09. The van der Waals surface area contributed by atoms with Crippen LogP contribution >= 0.6 is 0 Å². The normalized spacial score (nSPS) is 12.1. The Morgan fingerprint density at radius 2 is 2.08 bits per heavy atom. The van der Waals surface area contributed by atoms with E-state index in [1.54, 1.807) is 24.3 Å². The van der Waals surface area contributed by atoms with Crippen LogP contribution in [0.3, 0.4) is 0 Å². The van der Waals surface area contributed by atoms with Crippen molar-refractivity contribution in [1.29, 1.82) is 0 Å². The van der Waals surface area contributed by atoms with Crippen molar-refractivity contribution in [3.05, 3.63) is 54.4 Å². The molecular formula is C17H21N7O2. The Kier molecular flexibility index (Phi) is 5.69. The van der Waals surface area contributed by atoms with Crippen molar-refractivity contribution in [3.8, 4) is 5.69 Å². The highest BCUT2D eigenvalue weighted by molar-refractivity contribution is 5.92. The van der Waals surface area contributed by atoms with Crippen LogP contribution in [0.2, 0.25) is 0 Å². The largest absolute Gasteiger partial charge is 0.385 e. The summed E-state index contributed by atoms with van der Waals surface area (Å²) in [7, 11) is 1.67. The molecule has 0 aliphatic carbocycles. The van der Waals surface area contributed by atoms with Crippen molar-refractivity contribution in [1.82, 2.24) is 35.1 Å². The van der Waals surface area contributed by atoms with E-state index in [9.17, 15) is 4.79 Å². The number of aromatic nitrogens is 6. The lowest BCUT2D eigenvalue weighted by Gasteiger charge is -2.13. The van der Waals surface area contributed by atoms with Crippen molar-refractivity contribution < 1.29 is 9.53 Å². The van der Waals surface area contributed by atoms with E-state index in [0.717, 1.165) is 18.7 Å². The molecule has 0 fully saturated rings. The second-order valence-electron chi connectivity index (χ2n) is 5.81. The maximum Gasteiger partial charge on any atom is 0.274 e. The monoisotopic (exact) mass is 355 g/mol. The molecule has 2 heterocycles. The molecule has 9 heteroatoms. The first-order valence-corrected chi connectivity index (χ1v) is 8.34. The van der Waals surface area contributed by atoms with Gasteiger partial charge in [0, 0.05) is 20.3 Å². The number of para-hydroxylation sites is 1. The Hall–Kier alpha value is -3.07. The van der Waals surface area contributed by atoms with Gasteiger partial charge in [0.15, 0.2) is 11.5 Å². The van der Waals surface area contributed by atoms with Gasteiger partial charge in [-0.2, -0.15) is 0 Å². The molecule has 1 unspecified atom stereocenters. The Balaban J connectivity index is 1.65. The number of rotatable bonds is 8. The minimum absolute atomic E-state index is 0.242. The first-order chi connectivity index (χ1) is 12.7. The quantitative estimate of drug-likeness (QED) is 0.613. The van der Waals surface area contributed by atoms with E-state index in [1.807, 2.05) is 41.8 Å². The van der Waals surface area contributed by atoms with Gasteiger partial charge in [0.25, 0.3) is 5.91 Å². The summed E-state index contributed by atoms with van der Waals surface area (Å²) in [5.74, 6) is 0.371. The van der Waals surface area contributed by atoms with Gasteiger partial charge in [-0.3, -0.25) is 4.79 Å². The number of carbonyl (C=O) groups is 1. The lowest BCUT2D eigenvalue weighted by atomic mass is 10.3. The van der Waals surface area contributed by atoms with Crippen LogP contribution in [0.15, 0.2) is 42.9 Å². The summed E-state index contributed by atoms with van der Waals surface area (Å²) in [6.45, 7) is 3.23. The molecule has 0 spiro atoms. The molecule has 1 N–H and O–H groups in total. The molecule has 0 bridgehead atoms. The Bertz CT molecular complexity index is 844. The maximum absolute atomic E-state index is 12.5. The van der Waals surface area contributed by atoms with Crippen molar-refractivity contribution in [3.63, 3.8) is 0 Å². The second kappa shape index (κ2) is 8.34. The number of benzene rings is 1. The number of hydrogen-bond acceptors (Lipinski definition) is 6. The highest BCUT2D eigenvalue weighted by Gasteiger charge is 2.19. The van der Waals surface area contributed by atoms with E-state index in [2.05, 4.69) is 25.8 Å². The zero-order chi connectivity index (χ0) is 18.4. The average molecular weight is 355 g/mol. The van der Waals surface area contributed by atoms with Gasteiger partial charge >= 0.3 is 0 Å². The number of methoxy groups -OCH3 is 1. The molecule has 1 aromatic carbocycles. The fourth-order valence-electron chi connectivity index (χ4n) is 2.56. The summed E-state index contributed by atoms with van der Waals surface area (Å²) >= 11 is 0. The third-order valence-electron chi connectivity index (χ3n) is 3.87. The van der Waals surface area contributed by atoms with Gasteiger partial charge in [0.05, 0.1) is 17.9 Å². The molecule has 0 aliphatic rings. The minimum atomic E-state index is -0.314. The molecule has 136 valence electrons. The van der Waals surface area contributed by atoms with E-state index < -0.39 is 0 Å². The molecule has 0 aliphatic heterocycles. The zero-order valence-corrected chi connectivity index (χ0v) is 14.7. The summed E-state index contributed by atoms with van der Waals surface area (Å²) in [5, 5.41) is 18.9. The van der Waals surface area contributed by atoms with Gasteiger partial charge < -0.3 is 14.6 Å². The fourth-order valence-corrected chi connectivity index (χ4v) is 2.56. The van der Waals surface area contributed by atoms with E-state index in [0.29, 0.717) is 12.4 Å². The third kappa shape index (κ3) is 4.12. The average Bonchev–Trinajstić information content (AvgIpc) is 3.32. The van der Waals surface area contributed by atoms with E-state index in [-0.39, 0.29) is 17.6 Å². The zero-order valence-electron chi connectivity index (χ0n) is 14.7. The first-order valence-electron chi connectivity index (χ1n) is 8.34.